The van der Waals surface area contributed by atoms with E-state index >= 15 is 0 Å². The number of likely N-dealkylation sites (N-methyl/N-ethyl adjacent to an activating group) is 1. The van der Waals surface area contributed by atoms with E-state index in [0.717, 1.165) is 28.7 Å². The molecule has 2 aromatic rings. The number of carbonyl (C=O) groups excluding carboxylic acids is 2. The van der Waals surface area contributed by atoms with Crippen molar-refractivity contribution in [3.05, 3.63) is 46.2 Å². The van der Waals surface area contributed by atoms with E-state index in [-0.39, 0.29) is 18.4 Å². The SMILES string of the molecule is CCc1c(C(=O)N(C)CC(=O)NC2CC2)cnn1-c1ccc(Br)cc1. The third-order valence-electron chi connectivity index (χ3n) is 4.18. The van der Waals surface area contributed by atoms with E-state index in [1.807, 2.05) is 31.2 Å². The Hall–Kier alpha value is -2.15. The average molecular weight is 405 g/mol. The summed E-state index contributed by atoms with van der Waals surface area (Å²) in [5.74, 6) is -0.303. The van der Waals surface area contributed by atoms with Crippen LogP contribution in [-0.2, 0) is 11.2 Å². The van der Waals surface area contributed by atoms with Gasteiger partial charge < -0.3 is 10.2 Å². The second kappa shape index (κ2) is 7.39. The number of rotatable bonds is 6. The van der Waals surface area contributed by atoms with Crippen LogP contribution in [0.2, 0.25) is 0 Å². The van der Waals surface area contributed by atoms with E-state index < -0.39 is 0 Å². The van der Waals surface area contributed by atoms with Gasteiger partial charge in [0, 0.05) is 17.6 Å². The lowest BCUT2D eigenvalue weighted by Gasteiger charge is -2.17. The third kappa shape index (κ3) is 4.10. The number of amides is 2. The highest BCUT2D eigenvalue weighted by molar-refractivity contribution is 9.10. The Kier molecular flexibility index (Phi) is 5.22. The Balaban J connectivity index is 1.77. The van der Waals surface area contributed by atoms with E-state index in [2.05, 4.69) is 26.3 Å². The van der Waals surface area contributed by atoms with Gasteiger partial charge in [0.05, 0.1) is 29.7 Å². The van der Waals surface area contributed by atoms with Crippen LogP contribution in [0.25, 0.3) is 5.69 Å². The lowest BCUT2D eigenvalue weighted by atomic mass is 10.1. The Morgan fingerprint density at radius 3 is 2.60 bits per heavy atom. The van der Waals surface area contributed by atoms with Gasteiger partial charge in [-0.1, -0.05) is 22.9 Å². The van der Waals surface area contributed by atoms with Gasteiger partial charge in [-0.2, -0.15) is 5.10 Å². The number of halogens is 1. The monoisotopic (exact) mass is 404 g/mol. The second-order valence-corrected chi connectivity index (χ2v) is 7.17. The molecule has 3 rings (SSSR count). The van der Waals surface area contributed by atoms with Gasteiger partial charge in [0.25, 0.3) is 5.91 Å². The van der Waals surface area contributed by atoms with Crippen LogP contribution in [0.1, 0.15) is 35.8 Å². The highest BCUT2D eigenvalue weighted by Gasteiger charge is 2.26. The molecule has 0 spiro atoms. The zero-order chi connectivity index (χ0) is 18.0. The number of aromatic nitrogens is 2. The molecule has 0 unspecified atom stereocenters. The van der Waals surface area contributed by atoms with Gasteiger partial charge in [0.15, 0.2) is 0 Å². The number of hydrogen-bond acceptors (Lipinski definition) is 3. The van der Waals surface area contributed by atoms with Crippen LogP contribution in [0.5, 0.6) is 0 Å². The molecule has 2 amide bonds. The maximum atomic E-state index is 12.7. The van der Waals surface area contributed by atoms with Crippen molar-refractivity contribution in [2.75, 3.05) is 13.6 Å². The molecule has 0 atom stereocenters. The molecule has 1 aliphatic rings. The Morgan fingerprint density at radius 2 is 2.00 bits per heavy atom. The number of nitrogens with one attached hydrogen (secondary N) is 1. The number of hydrogen-bond donors (Lipinski definition) is 1. The lowest BCUT2D eigenvalue weighted by molar-refractivity contribution is -0.121. The fourth-order valence-electron chi connectivity index (χ4n) is 2.69. The molecule has 1 N–H and O–H groups in total. The molecule has 0 saturated heterocycles. The molecule has 1 saturated carbocycles. The van der Waals surface area contributed by atoms with Gasteiger partial charge in [-0.25, -0.2) is 4.68 Å². The van der Waals surface area contributed by atoms with Crippen molar-refractivity contribution in [2.45, 2.75) is 32.2 Å². The van der Waals surface area contributed by atoms with Gasteiger partial charge in [-0.3, -0.25) is 9.59 Å². The first-order valence-corrected chi connectivity index (χ1v) is 9.16. The summed E-state index contributed by atoms with van der Waals surface area (Å²) in [6.07, 6.45) is 4.31. The summed E-state index contributed by atoms with van der Waals surface area (Å²) in [5, 5.41) is 7.28. The quantitative estimate of drug-likeness (QED) is 0.804. The van der Waals surface area contributed by atoms with E-state index in [9.17, 15) is 9.59 Å². The largest absolute Gasteiger partial charge is 0.352 e. The Bertz CT molecular complexity index is 781. The molecule has 6 nitrogen and oxygen atoms in total. The normalized spacial score (nSPS) is 13.6. The molecule has 0 aliphatic heterocycles. The molecule has 7 heteroatoms. The zero-order valence-electron chi connectivity index (χ0n) is 14.3. The molecule has 0 bridgehead atoms. The van der Waals surface area contributed by atoms with Crippen molar-refractivity contribution in [3.63, 3.8) is 0 Å². The predicted molar refractivity (Wildman–Crippen MR) is 98.8 cm³/mol. The Morgan fingerprint density at radius 1 is 1.32 bits per heavy atom. The number of nitrogens with zero attached hydrogens (tertiary/aromatic N) is 3. The van der Waals surface area contributed by atoms with E-state index in [1.165, 1.54) is 4.90 Å². The first-order valence-electron chi connectivity index (χ1n) is 8.37. The first-order chi connectivity index (χ1) is 12.0. The van der Waals surface area contributed by atoms with Crippen molar-refractivity contribution in [1.82, 2.24) is 20.0 Å². The summed E-state index contributed by atoms with van der Waals surface area (Å²) < 4.78 is 2.76. The van der Waals surface area contributed by atoms with Crippen LogP contribution in [0.15, 0.2) is 34.9 Å². The minimum Gasteiger partial charge on any atom is -0.352 e. The van der Waals surface area contributed by atoms with Crippen LogP contribution in [0, 0.1) is 0 Å². The predicted octanol–water partition coefficient (Wildman–Crippen LogP) is 2.55. The Labute approximate surface area is 155 Å². The molecule has 1 heterocycles. The maximum Gasteiger partial charge on any atom is 0.257 e. The smallest absolute Gasteiger partial charge is 0.257 e. The first kappa shape index (κ1) is 17.7. The molecule has 25 heavy (non-hydrogen) atoms. The van der Waals surface area contributed by atoms with Crippen molar-refractivity contribution in [3.8, 4) is 5.69 Å². The molecule has 1 aliphatic carbocycles. The van der Waals surface area contributed by atoms with Crippen molar-refractivity contribution in [1.29, 1.82) is 0 Å². The standard InChI is InChI=1S/C18H21BrN4O2/c1-3-16-15(10-20-23(16)14-8-4-12(19)5-9-14)18(25)22(2)11-17(24)21-13-6-7-13/h4-5,8-10,13H,3,6-7,11H2,1-2H3,(H,21,24). The average Bonchev–Trinajstić information content (AvgIpc) is 3.29. The van der Waals surface area contributed by atoms with Crippen LogP contribution in [0.3, 0.4) is 0 Å². The summed E-state index contributed by atoms with van der Waals surface area (Å²) in [4.78, 5) is 26.1. The minimum absolute atomic E-state index is 0.0575. The highest BCUT2D eigenvalue weighted by Crippen LogP contribution is 2.20. The minimum atomic E-state index is -0.189. The number of benzene rings is 1. The van der Waals surface area contributed by atoms with Crippen molar-refractivity contribution >= 4 is 27.7 Å². The summed E-state index contributed by atoms with van der Waals surface area (Å²) in [7, 11) is 1.64. The van der Waals surface area contributed by atoms with Gasteiger partial charge >= 0.3 is 0 Å². The van der Waals surface area contributed by atoms with Crippen molar-refractivity contribution < 1.29 is 9.59 Å². The van der Waals surface area contributed by atoms with Crippen molar-refractivity contribution in [2.24, 2.45) is 0 Å². The topological polar surface area (TPSA) is 67.2 Å². The van der Waals surface area contributed by atoms with E-state index in [0.29, 0.717) is 18.0 Å². The van der Waals surface area contributed by atoms with Crippen LogP contribution < -0.4 is 5.32 Å². The summed E-state index contributed by atoms with van der Waals surface area (Å²) >= 11 is 3.42. The molecule has 1 aromatic heterocycles. The van der Waals surface area contributed by atoms with Gasteiger partial charge in [-0.05, 0) is 43.5 Å². The molecule has 0 radical (unpaired) electrons. The van der Waals surface area contributed by atoms with Gasteiger partial charge in [0.2, 0.25) is 5.91 Å². The van der Waals surface area contributed by atoms with Crippen LogP contribution >= 0.6 is 15.9 Å². The lowest BCUT2D eigenvalue weighted by Crippen LogP contribution is -2.39. The molecular weight excluding hydrogens is 384 g/mol. The zero-order valence-corrected chi connectivity index (χ0v) is 15.9. The molecule has 1 aromatic carbocycles. The van der Waals surface area contributed by atoms with Gasteiger partial charge in [0.1, 0.15) is 0 Å². The van der Waals surface area contributed by atoms with E-state index in [1.54, 1.807) is 17.9 Å². The number of carbonyl (C=O) groups is 2. The molecular formula is C18H21BrN4O2. The second-order valence-electron chi connectivity index (χ2n) is 6.25. The van der Waals surface area contributed by atoms with Gasteiger partial charge in [-0.15, -0.1) is 0 Å². The summed E-state index contributed by atoms with van der Waals surface area (Å²) in [6.45, 7) is 2.05. The summed E-state index contributed by atoms with van der Waals surface area (Å²) in [6, 6.07) is 8.05. The summed E-state index contributed by atoms with van der Waals surface area (Å²) in [5.41, 5.74) is 2.27. The van der Waals surface area contributed by atoms with E-state index in [4.69, 9.17) is 0 Å². The molecule has 1 fully saturated rings. The maximum absolute atomic E-state index is 12.7. The highest BCUT2D eigenvalue weighted by atomic mass is 79.9. The fraction of sp³-hybridized carbons (Fsp3) is 0.389. The van der Waals surface area contributed by atoms with Crippen LogP contribution in [-0.4, -0.2) is 46.1 Å². The third-order valence-corrected chi connectivity index (χ3v) is 4.70. The fourth-order valence-corrected chi connectivity index (χ4v) is 2.96. The molecule has 132 valence electrons. The van der Waals surface area contributed by atoms with Crippen LogP contribution in [0.4, 0.5) is 0 Å².